The summed E-state index contributed by atoms with van der Waals surface area (Å²) in [6, 6.07) is 7.22. The number of ether oxygens (including phenoxy) is 1. The van der Waals surface area contributed by atoms with Crippen LogP contribution in [0.25, 0.3) is 33.7 Å². The molecule has 1 aromatic carbocycles. The molecule has 174 valence electrons. The van der Waals surface area contributed by atoms with Gasteiger partial charge < -0.3 is 9.72 Å². The third-order valence-electron chi connectivity index (χ3n) is 6.17. The smallest absolute Gasteiger partial charge is 0.316 e. The van der Waals surface area contributed by atoms with Gasteiger partial charge in [-0.05, 0) is 90.4 Å². The molecule has 0 bridgehead atoms. The minimum Gasteiger partial charge on any atom is -0.460 e. The number of fused-ring (bicyclic) bond motifs is 1. The first kappa shape index (κ1) is 22.8. The molecule has 0 spiro atoms. The topological polar surface area (TPSA) is 93.7 Å². The van der Waals surface area contributed by atoms with Crippen molar-refractivity contribution in [2.45, 2.75) is 45.1 Å². The zero-order valence-corrected chi connectivity index (χ0v) is 20.8. The highest BCUT2D eigenvalue weighted by Gasteiger charge is 2.24. The number of nitrogens with one attached hydrogen (secondary N) is 1. The fourth-order valence-corrected chi connectivity index (χ4v) is 5.00. The quantitative estimate of drug-likeness (QED) is 0.232. The number of rotatable bonds is 6. The molecule has 3 heterocycles. The van der Waals surface area contributed by atoms with Crippen LogP contribution in [0.4, 0.5) is 4.39 Å². The normalized spacial score (nSPS) is 18.2. The monoisotopic (exact) mass is 571 g/mol. The molecule has 3 aromatic heterocycles. The summed E-state index contributed by atoms with van der Waals surface area (Å²) in [5.74, 6) is 0.496. The number of carbonyl (C=O) groups is 1. The number of pyridine rings is 1. The molecule has 7 nitrogen and oxygen atoms in total. The Hall–Kier alpha value is -2.95. The van der Waals surface area contributed by atoms with Crippen molar-refractivity contribution in [3.63, 3.8) is 0 Å². The number of aromatic nitrogens is 5. The summed E-state index contributed by atoms with van der Waals surface area (Å²) in [5.41, 5.74) is 4.08. The number of imidazole rings is 1. The van der Waals surface area contributed by atoms with E-state index in [2.05, 4.69) is 24.9 Å². The Balaban J connectivity index is 1.26. The molecule has 0 radical (unpaired) electrons. The second-order valence-electron chi connectivity index (χ2n) is 8.74. The molecule has 1 N–H and O–H groups in total. The summed E-state index contributed by atoms with van der Waals surface area (Å²) < 4.78 is 21.1. The van der Waals surface area contributed by atoms with Crippen molar-refractivity contribution in [2.75, 3.05) is 0 Å². The number of carbonyl (C=O) groups excluding carboxylic acids is 1. The van der Waals surface area contributed by atoms with Crippen molar-refractivity contribution in [2.24, 2.45) is 5.92 Å². The number of nitrogens with zero attached hydrogens (tertiary/aromatic N) is 4. The van der Waals surface area contributed by atoms with Gasteiger partial charge >= 0.3 is 6.01 Å². The molecule has 0 aliphatic heterocycles. The lowest BCUT2D eigenvalue weighted by Crippen LogP contribution is -2.25. The van der Waals surface area contributed by atoms with E-state index < -0.39 is 5.82 Å². The first-order chi connectivity index (χ1) is 16.4. The van der Waals surface area contributed by atoms with Gasteiger partial charge in [-0.25, -0.2) is 24.3 Å². The number of halogens is 2. The maximum atomic E-state index is 15.0. The molecule has 0 amide bonds. The van der Waals surface area contributed by atoms with Crippen LogP contribution in [0.5, 0.6) is 6.01 Å². The second-order valence-corrected chi connectivity index (χ2v) is 9.94. The molecule has 1 aliphatic rings. The van der Waals surface area contributed by atoms with Crippen LogP contribution in [-0.4, -0.2) is 34.8 Å². The van der Waals surface area contributed by atoms with Gasteiger partial charge in [0.05, 0.1) is 11.1 Å². The Morgan fingerprint density at radius 2 is 1.85 bits per heavy atom. The summed E-state index contributed by atoms with van der Waals surface area (Å²) in [7, 11) is 0. The third-order valence-corrected chi connectivity index (χ3v) is 6.62. The lowest BCUT2D eigenvalue weighted by Gasteiger charge is -2.27. The van der Waals surface area contributed by atoms with E-state index in [0.29, 0.717) is 46.5 Å². The molecule has 1 saturated carbocycles. The average Bonchev–Trinajstić information content (AvgIpc) is 3.23. The van der Waals surface area contributed by atoms with Crippen LogP contribution in [0.1, 0.15) is 37.7 Å². The molecular formula is C25H23FIN5O2. The van der Waals surface area contributed by atoms with Crippen LogP contribution >= 0.6 is 22.6 Å². The van der Waals surface area contributed by atoms with E-state index >= 15 is 0 Å². The first-order valence-electron chi connectivity index (χ1n) is 11.2. The van der Waals surface area contributed by atoms with E-state index in [4.69, 9.17) is 4.74 Å². The standard InChI is InChI=1S/C25H23FIN5O2/c1-14-8-21-24(28-11-14)32-23(31-21)19-7-4-16(10-20(19)26)17-12-29-25(30-13-17)34-18-5-2-15(3-6-18)9-22(27)33/h4,7-8,10-13,15,18H,2-3,5-6,9H2,1H3,(H,28,31,32). The number of aromatic amines is 1. The average molecular weight is 571 g/mol. The van der Waals surface area contributed by atoms with E-state index in [9.17, 15) is 9.18 Å². The van der Waals surface area contributed by atoms with Crippen LogP contribution in [-0.2, 0) is 4.79 Å². The number of H-pyrrole nitrogens is 1. The zero-order valence-electron chi connectivity index (χ0n) is 18.6. The summed E-state index contributed by atoms with van der Waals surface area (Å²) in [6.45, 7) is 1.95. The Kier molecular flexibility index (Phi) is 6.53. The van der Waals surface area contributed by atoms with Gasteiger partial charge in [0.1, 0.15) is 17.7 Å². The number of aryl methyl sites for hydroxylation is 1. The first-order valence-corrected chi connectivity index (χ1v) is 12.3. The maximum absolute atomic E-state index is 15.0. The minimum absolute atomic E-state index is 0.0604. The largest absolute Gasteiger partial charge is 0.460 e. The molecule has 0 unspecified atom stereocenters. The van der Waals surface area contributed by atoms with Gasteiger partial charge in [0.25, 0.3) is 0 Å². The highest BCUT2D eigenvalue weighted by molar-refractivity contribution is 14.1. The summed E-state index contributed by atoms with van der Waals surface area (Å²) in [6.07, 6.45) is 9.46. The van der Waals surface area contributed by atoms with Crippen LogP contribution in [0.3, 0.4) is 0 Å². The Morgan fingerprint density at radius 1 is 1.09 bits per heavy atom. The number of hydrogen-bond acceptors (Lipinski definition) is 6. The predicted molar refractivity (Wildman–Crippen MR) is 135 cm³/mol. The molecule has 9 heteroatoms. The van der Waals surface area contributed by atoms with Crippen LogP contribution < -0.4 is 4.74 Å². The Labute approximate surface area is 209 Å². The molecule has 34 heavy (non-hydrogen) atoms. The zero-order chi connectivity index (χ0) is 23.7. The van der Waals surface area contributed by atoms with Crippen LogP contribution in [0, 0.1) is 18.7 Å². The van der Waals surface area contributed by atoms with Gasteiger partial charge in [0.2, 0.25) is 0 Å². The highest BCUT2D eigenvalue weighted by Crippen LogP contribution is 2.31. The van der Waals surface area contributed by atoms with Crippen molar-refractivity contribution in [3.05, 3.63) is 54.2 Å². The van der Waals surface area contributed by atoms with E-state index in [-0.39, 0.29) is 9.89 Å². The second kappa shape index (κ2) is 9.73. The van der Waals surface area contributed by atoms with Crippen molar-refractivity contribution in [3.8, 4) is 28.5 Å². The summed E-state index contributed by atoms with van der Waals surface area (Å²) in [5, 5.41) is 0. The van der Waals surface area contributed by atoms with Crippen molar-refractivity contribution in [1.29, 1.82) is 0 Å². The fraction of sp³-hybridized carbons (Fsp3) is 0.320. The van der Waals surface area contributed by atoms with Gasteiger partial charge in [-0.3, -0.25) is 4.79 Å². The summed E-state index contributed by atoms with van der Waals surface area (Å²) >= 11 is 1.87. The maximum Gasteiger partial charge on any atom is 0.316 e. The Bertz CT molecular complexity index is 1330. The van der Waals surface area contributed by atoms with Crippen molar-refractivity contribution >= 4 is 37.5 Å². The molecule has 1 aliphatic carbocycles. The SMILES string of the molecule is Cc1cnc2nc(-c3ccc(-c4cnc(OC5CCC(CC(=O)I)CC5)nc4)cc3F)[nH]c2c1. The fourth-order valence-electron chi connectivity index (χ4n) is 4.37. The number of hydrogen-bond donors (Lipinski definition) is 1. The van der Waals surface area contributed by atoms with Crippen LogP contribution in [0.2, 0.25) is 0 Å². The molecule has 0 atom stereocenters. The minimum atomic E-state index is -0.393. The van der Waals surface area contributed by atoms with Crippen molar-refractivity contribution < 1.29 is 13.9 Å². The van der Waals surface area contributed by atoms with E-state index in [1.807, 2.05) is 41.6 Å². The lowest BCUT2D eigenvalue weighted by molar-refractivity contribution is -0.110. The highest BCUT2D eigenvalue weighted by atomic mass is 127. The van der Waals surface area contributed by atoms with E-state index in [1.165, 1.54) is 6.07 Å². The molecule has 4 aromatic rings. The van der Waals surface area contributed by atoms with Gasteiger partial charge in [-0.15, -0.1) is 0 Å². The predicted octanol–water partition coefficient (Wildman–Crippen LogP) is 5.82. The van der Waals surface area contributed by atoms with Gasteiger partial charge in [-0.2, -0.15) is 0 Å². The van der Waals surface area contributed by atoms with E-state index in [0.717, 1.165) is 36.8 Å². The van der Waals surface area contributed by atoms with Gasteiger partial charge in [0, 0.05) is 30.6 Å². The van der Waals surface area contributed by atoms with Crippen molar-refractivity contribution in [1.82, 2.24) is 24.9 Å². The lowest BCUT2D eigenvalue weighted by atomic mass is 9.86. The Morgan fingerprint density at radius 3 is 2.56 bits per heavy atom. The van der Waals surface area contributed by atoms with Gasteiger partial charge in [0.15, 0.2) is 9.44 Å². The summed E-state index contributed by atoms with van der Waals surface area (Å²) in [4.78, 5) is 31.8. The molecular weight excluding hydrogens is 548 g/mol. The molecule has 1 fully saturated rings. The third kappa shape index (κ3) is 5.08. The number of benzene rings is 1. The molecule has 5 rings (SSSR count). The van der Waals surface area contributed by atoms with Gasteiger partial charge in [-0.1, -0.05) is 6.07 Å². The molecule has 0 saturated heterocycles. The van der Waals surface area contributed by atoms with Crippen LogP contribution in [0.15, 0.2) is 42.9 Å². The van der Waals surface area contributed by atoms with E-state index in [1.54, 1.807) is 24.7 Å².